The number of allylic oxidation sites excluding steroid dienone is 4. The number of hydrogen-bond acceptors (Lipinski definition) is 0. The molecule has 3 rings (SSSR count). The molecule has 0 aromatic heterocycles. The van der Waals surface area contributed by atoms with E-state index in [0.717, 1.165) is 25.7 Å². The first-order chi connectivity index (χ1) is 8.79. The van der Waals surface area contributed by atoms with Crippen molar-refractivity contribution in [2.45, 2.75) is 39.8 Å². The summed E-state index contributed by atoms with van der Waals surface area (Å²) in [6, 6.07) is 0. The third-order valence-corrected chi connectivity index (χ3v) is 9.06. The zero-order chi connectivity index (χ0) is 14.1. The standard InChI is InChI=1S/C13H12Cl6/c14-9-10(15)12(17)8-6-4-2-1-3-5-7(8)11(9,16)13(12,18)19/h1-2,7-8H,3-6H2. The maximum atomic E-state index is 6.78. The van der Waals surface area contributed by atoms with Gasteiger partial charge >= 0.3 is 0 Å². The second kappa shape index (κ2) is 4.61. The van der Waals surface area contributed by atoms with E-state index in [2.05, 4.69) is 12.2 Å². The van der Waals surface area contributed by atoms with Crippen LogP contribution in [0.2, 0.25) is 0 Å². The summed E-state index contributed by atoms with van der Waals surface area (Å²) in [5.74, 6) is 0.0863. The molecule has 0 radical (unpaired) electrons. The van der Waals surface area contributed by atoms with Crippen molar-refractivity contribution in [2.75, 3.05) is 0 Å². The van der Waals surface area contributed by atoms with E-state index in [-0.39, 0.29) is 11.8 Å². The number of halogens is 6. The molecule has 3 aliphatic carbocycles. The van der Waals surface area contributed by atoms with Gasteiger partial charge in [-0.1, -0.05) is 58.6 Å². The fourth-order valence-corrected chi connectivity index (χ4v) is 6.94. The molecule has 106 valence electrons. The Labute approximate surface area is 143 Å². The van der Waals surface area contributed by atoms with Gasteiger partial charge in [-0.3, -0.25) is 0 Å². The molecule has 0 heterocycles. The minimum Gasteiger partial charge on any atom is -0.109 e. The average Bonchev–Trinajstić information content (AvgIpc) is 2.50. The molecular formula is C13H12Cl6. The van der Waals surface area contributed by atoms with Crippen molar-refractivity contribution in [2.24, 2.45) is 11.8 Å². The van der Waals surface area contributed by atoms with Crippen molar-refractivity contribution in [3.05, 3.63) is 22.2 Å². The first-order valence-corrected chi connectivity index (χ1v) is 8.53. The molecule has 0 aromatic rings. The van der Waals surface area contributed by atoms with Crippen LogP contribution in [-0.2, 0) is 0 Å². The van der Waals surface area contributed by atoms with Crippen molar-refractivity contribution >= 4 is 69.6 Å². The van der Waals surface area contributed by atoms with Crippen LogP contribution in [0.4, 0.5) is 0 Å². The van der Waals surface area contributed by atoms with Gasteiger partial charge in [0.05, 0.1) is 10.1 Å². The lowest BCUT2D eigenvalue weighted by atomic mass is 9.76. The predicted molar refractivity (Wildman–Crippen MR) is 84.9 cm³/mol. The van der Waals surface area contributed by atoms with Gasteiger partial charge in [-0.15, -0.1) is 23.2 Å². The van der Waals surface area contributed by atoms with Crippen LogP contribution in [0.15, 0.2) is 22.2 Å². The van der Waals surface area contributed by atoms with Gasteiger partial charge in [-0.05, 0) is 37.5 Å². The van der Waals surface area contributed by atoms with Gasteiger partial charge in [-0.25, -0.2) is 0 Å². The first kappa shape index (κ1) is 15.1. The molecular weight excluding hydrogens is 369 g/mol. The van der Waals surface area contributed by atoms with E-state index in [4.69, 9.17) is 69.6 Å². The molecule has 1 fully saturated rings. The molecule has 0 spiro atoms. The Bertz CT molecular complexity index is 442. The highest BCUT2D eigenvalue weighted by molar-refractivity contribution is 6.65. The Balaban J connectivity index is 2.18. The molecule has 1 saturated carbocycles. The van der Waals surface area contributed by atoms with E-state index >= 15 is 0 Å². The summed E-state index contributed by atoms with van der Waals surface area (Å²) in [5.41, 5.74) is 0. The molecule has 2 bridgehead atoms. The second-order valence-electron chi connectivity index (χ2n) is 5.46. The fraction of sp³-hybridized carbons (Fsp3) is 0.692. The molecule has 19 heavy (non-hydrogen) atoms. The van der Waals surface area contributed by atoms with Crippen molar-refractivity contribution < 1.29 is 0 Å². The third kappa shape index (κ3) is 1.57. The van der Waals surface area contributed by atoms with E-state index in [0.29, 0.717) is 10.1 Å². The van der Waals surface area contributed by atoms with Gasteiger partial charge in [0.1, 0.15) is 9.75 Å². The number of fused-ring (bicyclic) bond motifs is 5. The Morgan fingerprint density at radius 2 is 1.16 bits per heavy atom. The van der Waals surface area contributed by atoms with Crippen LogP contribution >= 0.6 is 69.6 Å². The topological polar surface area (TPSA) is 0 Å². The van der Waals surface area contributed by atoms with Crippen molar-refractivity contribution in [3.63, 3.8) is 0 Å². The summed E-state index contributed by atoms with van der Waals surface area (Å²) in [4.78, 5) is -2.15. The van der Waals surface area contributed by atoms with Crippen molar-refractivity contribution in [1.29, 1.82) is 0 Å². The molecule has 0 saturated heterocycles. The number of alkyl halides is 4. The third-order valence-electron chi connectivity index (χ3n) is 4.71. The molecule has 4 atom stereocenters. The lowest BCUT2D eigenvalue weighted by Gasteiger charge is -2.37. The van der Waals surface area contributed by atoms with E-state index in [1.54, 1.807) is 0 Å². The molecule has 0 nitrogen and oxygen atoms in total. The first-order valence-electron chi connectivity index (χ1n) is 6.26. The molecule has 6 heteroatoms. The highest BCUT2D eigenvalue weighted by atomic mass is 35.5. The van der Waals surface area contributed by atoms with Crippen LogP contribution < -0.4 is 0 Å². The van der Waals surface area contributed by atoms with Crippen LogP contribution in [-0.4, -0.2) is 14.1 Å². The van der Waals surface area contributed by atoms with Crippen LogP contribution in [0.3, 0.4) is 0 Å². The van der Waals surface area contributed by atoms with Crippen LogP contribution in [0, 0.1) is 11.8 Å². The van der Waals surface area contributed by atoms with Crippen molar-refractivity contribution in [1.82, 2.24) is 0 Å². The molecule has 4 unspecified atom stereocenters. The monoisotopic (exact) mass is 378 g/mol. The molecule has 0 aromatic carbocycles. The summed E-state index contributed by atoms with van der Waals surface area (Å²) < 4.78 is -1.38. The maximum Gasteiger partial charge on any atom is 0.166 e. The normalized spacial score (nSPS) is 48.1. The summed E-state index contributed by atoms with van der Waals surface area (Å²) in [7, 11) is 0. The average molecular weight is 381 g/mol. The summed E-state index contributed by atoms with van der Waals surface area (Å²) >= 11 is 39.3. The van der Waals surface area contributed by atoms with Crippen LogP contribution in [0.25, 0.3) is 0 Å². The molecule has 3 aliphatic rings. The van der Waals surface area contributed by atoms with E-state index in [1.807, 2.05) is 0 Å². The molecule has 0 amide bonds. The fourth-order valence-electron chi connectivity index (χ4n) is 3.79. The maximum absolute atomic E-state index is 6.78. The lowest BCUT2D eigenvalue weighted by Crippen LogP contribution is -2.44. The van der Waals surface area contributed by atoms with E-state index < -0.39 is 14.1 Å². The smallest absolute Gasteiger partial charge is 0.109 e. The molecule has 0 N–H and O–H groups in total. The quantitative estimate of drug-likeness (QED) is 0.347. The van der Waals surface area contributed by atoms with Crippen LogP contribution in [0.5, 0.6) is 0 Å². The lowest BCUT2D eigenvalue weighted by molar-refractivity contribution is 0.289. The largest absolute Gasteiger partial charge is 0.166 e. The minimum absolute atomic E-state index is 0.0432. The molecule has 0 aliphatic heterocycles. The Kier molecular flexibility index (Phi) is 3.67. The minimum atomic E-state index is -1.38. The Hall–Kier alpha value is 1.22. The van der Waals surface area contributed by atoms with Crippen molar-refractivity contribution in [3.8, 4) is 0 Å². The Morgan fingerprint density at radius 3 is 1.53 bits per heavy atom. The summed E-state index contributed by atoms with van der Waals surface area (Å²) in [6.45, 7) is 0. The van der Waals surface area contributed by atoms with Gasteiger partial charge in [0.15, 0.2) is 4.33 Å². The zero-order valence-electron chi connectivity index (χ0n) is 9.91. The summed E-state index contributed by atoms with van der Waals surface area (Å²) in [6.07, 6.45) is 7.89. The number of hydrogen-bond donors (Lipinski definition) is 0. The van der Waals surface area contributed by atoms with Gasteiger partial charge in [0.2, 0.25) is 0 Å². The highest BCUT2D eigenvalue weighted by Gasteiger charge is 2.81. The SMILES string of the molecule is ClC1=C(Cl)C2(Cl)C3CCC=CCCC3C1(Cl)C2(Cl)Cl. The number of rotatable bonds is 0. The van der Waals surface area contributed by atoms with E-state index in [1.165, 1.54) is 0 Å². The van der Waals surface area contributed by atoms with Crippen LogP contribution in [0.1, 0.15) is 25.7 Å². The summed E-state index contributed by atoms with van der Waals surface area (Å²) in [5, 5.41) is 0.642. The predicted octanol–water partition coefficient (Wildman–Crippen LogP) is 6.19. The Morgan fingerprint density at radius 1 is 0.789 bits per heavy atom. The highest BCUT2D eigenvalue weighted by Crippen LogP contribution is 2.77. The van der Waals surface area contributed by atoms with E-state index in [9.17, 15) is 0 Å². The van der Waals surface area contributed by atoms with Gasteiger partial charge in [0, 0.05) is 0 Å². The second-order valence-corrected chi connectivity index (χ2v) is 8.74. The van der Waals surface area contributed by atoms with Gasteiger partial charge < -0.3 is 0 Å². The zero-order valence-corrected chi connectivity index (χ0v) is 14.4. The van der Waals surface area contributed by atoms with Gasteiger partial charge in [0.25, 0.3) is 0 Å². The van der Waals surface area contributed by atoms with Gasteiger partial charge in [-0.2, -0.15) is 0 Å².